The van der Waals surface area contributed by atoms with Crippen LogP contribution in [0.5, 0.6) is 0 Å². The molecule has 0 fully saturated rings. The third-order valence-corrected chi connectivity index (χ3v) is 2.33. The monoisotopic (exact) mass is 211 g/mol. The van der Waals surface area contributed by atoms with Crippen molar-refractivity contribution < 1.29 is 9.53 Å². The number of carbonyl (C=O) groups is 1. The molecule has 1 unspecified atom stereocenters. The van der Waals surface area contributed by atoms with E-state index >= 15 is 0 Å². The molecule has 0 aromatic carbocycles. The zero-order valence-corrected chi connectivity index (χ0v) is 9.36. The van der Waals surface area contributed by atoms with Gasteiger partial charge < -0.3 is 10.1 Å². The van der Waals surface area contributed by atoms with Crippen LogP contribution in [-0.4, -0.2) is 29.9 Å². The smallest absolute Gasteiger partial charge is 0.307 e. The number of aromatic nitrogens is 2. The number of aryl methyl sites for hydroxylation is 1. The average molecular weight is 211 g/mol. The van der Waals surface area contributed by atoms with Crippen LogP contribution in [0.3, 0.4) is 0 Å². The van der Waals surface area contributed by atoms with E-state index in [1.807, 2.05) is 24.9 Å². The van der Waals surface area contributed by atoms with Crippen molar-refractivity contribution in [2.75, 3.05) is 14.2 Å². The van der Waals surface area contributed by atoms with E-state index in [-0.39, 0.29) is 12.0 Å². The van der Waals surface area contributed by atoms with Crippen molar-refractivity contribution in [1.82, 2.24) is 15.1 Å². The molecule has 1 aromatic rings. The van der Waals surface area contributed by atoms with E-state index in [4.69, 9.17) is 0 Å². The molecule has 0 amide bonds. The van der Waals surface area contributed by atoms with Gasteiger partial charge in [-0.3, -0.25) is 9.48 Å². The lowest BCUT2D eigenvalue weighted by Gasteiger charge is -2.12. The summed E-state index contributed by atoms with van der Waals surface area (Å²) >= 11 is 0. The fourth-order valence-corrected chi connectivity index (χ4v) is 1.37. The first-order chi connectivity index (χ1) is 7.21. The van der Waals surface area contributed by atoms with Crippen LogP contribution in [0.2, 0.25) is 0 Å². The first kappa shape index (κ1) is 11.7. The second-order valence-electron chi connectivity index (χ2n) is 3.25. The van der Waals surface area contributed by atoms with Crippen molar-refractivity contribution in [3.63, 3.8) is 0 Å². The minimum Gasteiger partial charge on any atom is -0.469 e. The largest absolute Gasteiger partial charge is 0.469 e. The Morgan fingerprint density at radius 1 is 1.73 bits per heavy atom. The van der Waals surface area contributed by atoms with E-state index in [0.717, 1.165) is 12.1 Å². The second-order valence-corrected chi connectivity index (χ2v) is 3.25. The van der Waals surface area contributed by atoms with Gasteiger partial charge in [-0.05, 0) is 14.0 Å². The van der Waals surface area contributed by atoms with Crippen LogP contribution in [0, 0.1) is 0 Å². The molecule has 1 heterocycles. The van der Waals surface area contributed by atoms with Gasteiger partial charge in [0.1, 0.15) is 0 Å². The van der Waals surface area contributed by atoms with Crippen LogP contribution in [0.25, 0.3) is 0 Å². The number of nitrogens with one attached hydrogen (secondary N) is 1. The quantitative estimate of drug-likeness (QED) is 0.729. The Hall–Kier alpha value is -1.36. The molecule has 0 saturated heterocycles. The summed E-state index contributed by atoms with van der Waals surface area (Å²) < 4.78 is 6.46. The number of rotatable bonds is 5. The van der Waals surface area contributed by atoms with E-state index in [1.54, 1.807) is 6.20 Å². The Kier molecular flexibility index (Phi) is 4.30. The van der Waals surface area contributed by atoms with Crippen LogP contribution in [0.4, 0.5) is 0 Å². The molecular weight excluding hydrogens is 194 g/mol. The van der Waals surface area contributed by atoms with Crippen LogP contribution in [0.15, 0.2) is 12.4 Å². The van der Waals surface area contributed by atoms with Crippen LogP contribution in [0.1, 0.15) is 24.9 Å². The molecule has 15 heavy (non-hydrogen) atoms. The highest BCUT2D eigenvalue weighted by Crippen LogP contribution is 2.15. The van der Waals surface area contributed by atoms with E-state index in [2.05, 4.69) is 15.2 Å². The summed E-state index contributed by atoms with van der Waals surface area (Å²) in [6, 6.07) is -0.0299. The number of hydrogen-bond acceptors (Lipinski definition) is 4. The summed E-state index contributed by atoms with van der Waals surface area (Å²) in [5.41, 5.74) is 1.00. The van der Waals surface area contributed by atoms with Crippen LogP contribution >= 0.6 is 0 Å². The zero-order valence-electron chi connectivity index (χ0n) is 9.36. The van der Waals surface area contributed by atoms with Gasteiger partial charge in [0.15, 0.2) is 0 Å². The topological polar surface area (TPSA) is 56.1 Å². The molecule has 84 valence electrons. The van der Waals surface area contributed by atoms with Gasteiger partial charge in [-0.15, -0.1) is 0 Å². The van der Waals surface area contributed by atoms with Crippen molar-refractivity contribution in [2.24, 2.45) is 0 Å². The summed E-state index contributed by atoms with van der Waals surface area (Å²) in [4.78, 5) is 11.1. The minimum atomic E-state index is -0.224. The Morgan fingerprint density at radius 2 is 2.47 bits per heavy atom. The van der Waals surface area contributed by atoms with Crippen molar-refractivity contribution in [2.45, 2.75) is 25.9 Å². The molecule has 0 radical (unpaired) electrons. The molecule has 1 atom stereocenters. The molecule has 0 aliphatic rings. The first-order valence-electron chi connectivity index (χ1n) is 4.97. The van der Waals surface area contributed by atoms with Gasteiger partial charge in [0.2, 0.25) is 0 Å². The third-order valence-electron chi connectivity index (χ3n) is 2.33. The highest BCUT2D eigenvalue weighted by Gasteiger charge is 2.15. The van der Waals surface area contributed by atoms with Gasteiger partial charge in [0.05, 0.1) is 19.7 Å². The lowest BCUT2D eigenvalue weighted by molar-refractivity contribution is -0.141. The van der Waals surface area contributed by atoms with E-state index < -0.39 is 0 Å². The minimum absolute atomic E-state index is 0.0299. The molecule has 5 heteroatoms. The maximum absolute atomic E-state index is 11.1. The second kappa shape index (κ2) is 5.50. The van der Waals surface area contributed by atoms with Gasteiger partial charge >= 0.3 is 5.97 Å². The Labute approximate surface area is 89.4 Å². The molecule has 0 spiro atoms. The van der Waals surface area contributed by atoms with Gasteiger partial charge in [-0.25, -0.2) is 0 Å². The predicted octanol–water partition coefficient (Wildman–Crippen LogP) is 0.727. The lowest BCUT2D eigenvalue weighted by Crippen LogP contribution is -2.20. The highest BCUT2D eigenvalue weighted by molar-refractivity contribution is 5.70. The van der Waals surface area contributed by atoms with Gasteiger partial charge in [-0.2, -0.15) is 5.10 Å². The summed E-state index contributed by atoms with van der Waals surface area (Å²) in [6.07, 6.45) is 4.03. The Bertz CT molecular complexity index is 322. The van der Waals surface area contributed by atoms with E-state index in [1.165, 1.54) is 7.11 Å². The molecule has 0 aliphatic heterocycles. The van der Waals surface area contributed by atoms with E-state index in [0.29, 0.717) is 6.42 Å². The number of esters is 1. The Balaban J connectivity index is 2.69. The summed E-state index contributed by atoms with van der Waals surface area (Å²) in [6.45, 7) is 2.85. The lowest BCUT2D eigenvalue weighted by atomic mass is 10.1. The summed E-state index contributed by atoms with van der Waals surface area (Å²) in [5, 5.41) is 7.23. The van der Waals surface area contributed by atoms with Crippen molar-refractivity contribution in [1.29, 1.82) is 0 Å². The number of methoxy groups -OCH3 is 1. The van der Waals surface area contributed by atoms with Gasteiger partial charge in [0.25, 0.3) is 0 Å². The van der Waals surface area contributed by atoms with Crippen LogP contribution < -0.4 is 5.32 Å². The zero-order chi connectivity index (χ0) is 11.3. The fourth-order valence-electron chi connectivity index (χ4n) is 1.37. The molecule has 1 aromatic heterocycles. The molecular formula is C10H17N3O2. The van der Waals surface area contributed by atoms with Crippen molar-refractivity contribution in [3.05, 3.63) is 18.0 Å². The maximum Gasteiger partial charge on any atom is 0.307 e. The van der Waals surface area contributed by atoms with Gasteiger partial charge in [-0.1, -0.05) is 0 Å². The fraction of sp³-hybridized carbons (Fsp3) is 0.600. The molecule has 0 aliphatic carbocycles. The van der Waals surface area contributed by atoms with Crippen molar-refractivity contribution in [3.8, 4) is 0 Å². The SMILES string of the molecule is CCn1cc(C(CC(=O)OC)NC)cn1. The maximum atomic E-state index is 11.1. The number of hydrogen-bond donors (Lipinski definition) is 1. The Morgan fingerprint density at radius 3 is 2.93 bits per heavy atom. The first-order valence-corrected chi connectivity index (χ1v) is 4.97. The average Bonchev–Trinajstić information content (AvgIpc) is 2.73. The molecule has 1 rings (SSSR count). The molecule has 1 N–H and O–H groups in total. The molecule has 0 saturated carbocycles. The molecule has 0 bridgehead atoms. The predicted molar refractivity (Wildman–Crippen MR) is 56.3 cm³/mol. The number of carbonyl (C=O) groups excluding carboxylic acids is 1. The molecule has 5 nitrogen and oxygen atoms in total. The normalized spacial score (nSPS) is 12.5. The highest BCUT2D eigenvalue weighted by atomic mass is 16.5. The van der Waals surface area contributed by atoms with E-state index in [9.17, 15) is 4.79 Å². The van der Waals surface area contributed by atoms with Gasteiger partial charge in [0, 0.05) is 24.3 Å². The number of nitrogens with zero attached hydrogens (tertiary/aromatic N) is 2. The van der Waals surface area contributed by atoms with Crippen LogP contribution in [-0.2, 0) is 16.1 Å². The standard InChI is InChI=1S/C10H17N3O2/c1-4-13-7-8(6-12-13)9(11-2)5-10(14)15-3/h6-7,9,11H,4-5H2,1-3H3. The number of ether oxygens (including phenoxy) is 1. The summed E-state index contributed by atoms with van der Waals surface area (Å²) in [5.74, 6) is -0.224. The van der Waals surface area contributed by atoms with Crippen molar-refractivity contribution >= 4 is 5.97 Å². The third kappa shape index (κ3) is 3.06. The summed E-state index contributed by atoms with van der Waals surface area (Å²) in [7, 11) is 3.21.